The topological polar surface area (TPSA) is 64.6 Å². The molecule has 3 aromatic carbocycles. The summed E-state index contributed by atoms with van der Waals surface area (Å²) < 4.78 is 10.0. The van der Waals surface area contributed by atoms with Crippen LogP contribution >= 0.6 is 0 Å². The first-order chi connectivity index (χ1) is 14.2. The summed E-state index contributed by atoms with van der Waals surface area (Å²) in [5, 5.41) is 2.60. The Balaban J connectivity index is 1.61. The van der Waals surface area contributed by atoms with Gasteiger partial charge in [0, 0.05) is 6.42 Å². The van der Waals surface area contributed by atoms with E-state index in [0.29, 0.717) is 6.42 Å². The number of rotatable bonds is 7. The number of alkyl carbamates (subject to hydrolysis) is 1. The van der Waals surface area contributed by atoms with Crippen molar-refractivity contribution < 1.29 is 19.1 Å². The van der Waals surface area contributed by atoms with Gasteiger partial charge in [-0.2, -0.15) is 0 Å². The van der Waals surface area contributed by atoms with E-state index in [1.54, 1.807) is 0 Å². The Hall–Kier alpha value is -3.60. The van der Waals surface area contributed by atoms with Crippen LogP contribution in [0.4, 0.5) is 4.79 Å². The van der Waals surface area contributed by atoms with Gasteiger partial charge in [0.05, 0.1) is 7.11 Å². The van der Waals surface area contributed by atoms with E-state index in [1.807, 2.05) is 84.9 Å². The number of amides is 1. The summed E-state index contributed by atoms with van der Waals surface area (Å²) >= 11 is 0. The van der Waals surface area contributed by atoms with Crippen LogP contribution in [0.25, 0.3) is 11.1 Å². The van der Waals surface area contributed by atoms with Crippen molar-refractivity contribution >= 4 is 12.1 Å². The van der Waals surface area contributed by atoms with E-state index in [4.69, 9.17) is 9.47 Å². The molecule has 1 atom stereocenters. The molecule has 0 spiro atoms. The molecule has 3 rings (SSSR count). The average Bonchev–Trinajstić information content (AvgIpc) is 2.78. The molecule has 1 N–H and O–H groups in total. The van der Waals surface area contributed by atoms with E-state index in [9.17, 15) is 9.59 Å². The van der Waals surface area contributed by atoms with Crippen molar-refractivity contribution in [1.82, 2.24) is 5.32 Å². The van der Waals surface area contributed by atoms with Crippen LogP contribution in [-0.4, -0.2) is 25.2 Å². The molecule has 3 aromatic rings. The van der Waals surface area contributed by atoms with Crippen molar-refractivity contribution in [2.75, 3.05) is 7.11 Å². The summed E-state index contributed by atoms with van der Waals surface area (Å²) in [6, 6.07) is 26.4. The Morgan fingerprint density at radius 3 is 2.00 bits per heavy atom. The van der Waals surface area contributed by atoms with Crippen LogP contribution in [0.15, 0.2) is 84.9 Å². The quantitative estimate of drug-likeness (QED) is 0.610. The Morgan fingerprint density at radius 2 is 1.38 bits per heavy atom. The Kier molecular flexibility index (Phi) is 7.00. The fourth-order valence-corrected chi connectivity index (χ4v) is 2.94. The number of carbonyl (C=O) groups excluding carboxylic acids is 2. The first kappa shape index (κ1) is 20.1. The highest BCUT2D eigenvalue weighted by molar-refractivity contribution is 5.81. The molecule has 0 aliphatic rings. The van der Waals surface area contributed by atoms with Gasteiger partial charge >= 0.3 is 12.1 Å². The molecule has 0 saturated carbocycles. The lowest BCUT2D eigenvalue weighted by Crippen LogP contribution is -2.43. The van der Waals surface area contributed by atoms with Crippen molar-refractivity contribution in [2.45, 2.75) is 19.1 Å². The van der Waals surface area contributed by atoms with Gasteiger partial charge in [-0.25, -0.2) is 9.59 Å². The number of hydrogen-bond donors (Lipinski definition) is 1. The van der Waals surface area contributed by atoms with Gasteiger partial charge in [0.1, 0.15) is 12.6 Å². The number of methoxy groups -OCH3 is 1. The fraction of sp³-hybridized carbons (Fsp3) is 0.167. The summed E-state index contributed by atoms with van der Waals surface area (Å²) in [5.74, 6) is -0.520. The van der Waals surface area contributed by atoms with Gasteiger partial charge in [-0.1, -0.05) is 84.9 Å². The lowest BCUT2D eigenvalue weighted by molar-refractivity contribution is -0.143. The molecule has 5 nitrogen and oxygen atoms in total. The van der Waals surface area contributed by atoms with Crippen LogP contribution in [0.1, 0.15) is 11.1 Å². The Bertz CT molecular complexity index is 924. The molecule has 29 heavy (non-hydrogen) atoms. The number of carbonyl (C=O) groups is 2. The lowest BCUT2D eigenvalue weighted by atomic mass is 10.0. The van der Waals surface area contributed by atoms with Crippen LogP contribution in [0.2, 0.25) is 0 Å². The van der Waals surface area contributed by atoms with Crippen LogP contribution in [-0.2, 0) is 27.3 Å². The summed E-state index contributed by atoms with van der Waals surface area (Å²) in [6.45, 7) is 0.131. The van der Waals surface area contributed by atoms with Crippen LogP contribution in [0.5, 0.6) is 0 Å². The Morgan fingerprint density at radius 1 is 0.793 bits per heavy atom. The first-order valence-electron chi connectivity index (χ1n) is 9.35. The minimum atomic E-state index is -0.828. The second kappa shape index (κ2) is 10.1. The van der Waals surface area contributed by atoms with Gasteiger partial charge in [0.2, 0.25) is 0 Å². The van der Waals surface area contributed by atoms with Crippen molar-refractivity contribution in [3.05, 3.63) is 96.1 Å². The third-order valence-corrected chi connectivity index (χ3v) is 4.49. The lowest BCUT2D eigenvalue weighted by Gasteiger charge is -2.17. The minimum absolute atomic E-state index is 0.131. The second-order valence-corrected chi connectivity index (χ2v) is 6.55. The molecule has 0 aromatic heterocycles. The summed E-state index contributed by atoms with van der Waals surface area (Å²) in [6.07, 6.45) is -0.354. The minimum Gasteiger partial charge on any atom is -0.467 e. The van der Waals surface area contributed by atoms with Gasteiger partial charge in [-0.3, -0.25) is 0 Å². The zero-order chi connectivity index (χ0) is 20.5. The molecule has 0 bridgehead atoms. The van der Waals surface area contributed by atoms with Crippen LogP contribution < -0.4 is 5.32 Å². The number of hydrogen-bond acceptors (Lipinski definition) is 4. The maximum Gasteiger partial charge on any atom is 0.408 e. The smallest absolute Gasteiger partial charge is 0.408 e. The highest BCUT2D eigenvalue weighted by atomic mass is 16.6. The molecule has 0 heterocycles. The maximum atomic E-state index is 12.1. The average molecular weight is 389 g/mol. The number of nitrogens with one attached hydrogen (secondary N) is 1. The maximum absolute atomic E-state index is 12.1. The predicted molar refractivity (Wildman–Crippen MR) is 111 cm³/mol. The largest absolute Gasteiger partial charge is 0.467 e. The number of benzene rings is 3. The van der Waals surface area contributed by atoms with Crippen LogP contribution in [0.3, 0.4) is 0 Å². The van der Waals surface area contributed by atoms with Crippen molar-refractivity contribution in [2.24, 2.45) is 0 Å². The monoisotopic (exact) mass is 389 g/mol. The fourth-order valence-electron chi connectivity index (χ4n) is 2.94. The molecule has 0 fully saturated rings. The standard InChI is InChI=1S/C24H23NO4/c1-28-23(26)22(25-24(27)29-17-19-8-4-2-5-9-19)16-18-12-14-21(15-13-18)20-10-6-3-7-11-20/h2-15,22H,16-17H2,1H3,(H,25,27)/t22-/m1/s1. The molecule has 0 radical (unpaired) electrons. The van der Waals surface area contributed by atoms with E-state index < -0.39 is 18.1 Å². The molecule has 1 amide bonds. The molecule has 0 saturated heterocycles. The predicted octanol–water partition coefficient (Wildman–Crippen LogP) is 4.36. The molecule has 0 unspecified atom stereocenters. The third-order valence-electron chi connectivity index (χ3n) is 4.49. The van der Waals surface area contributed by atoms with E-state index in [1.165, 1.54) is 7.11 Å². The van der Waals surface area contributed by atoms with E-state index >= 15 is 0 Å². The van der Waals surface area contributed by atoms with Gasteiger partial charge in [0.25, 0.3) is 0 Å². The van der Waals surface area contributed by atoms with Crippen molar-refractivity contribution in [1.29, 1.82) is 0 Å². The van der Waals surface area contributed by atoms with Gasteiger partial charge in [0.15, 0.2) is 0 Å². The molecule has 5 heteroatoms. The van der Waals surface area contributed by atoms with E-state index in [2.05, 4.69) is 5.32 Å². The van der Waals surface area contributed by atoms with Gasteiger partial charge < -0.3 is 14.8 Å². The number of ether oxygens (including phenoxy) is 2. The van der Waals surface area contributed by atoms with Gasteiger partial charge in [-0.05, 0) is 22.3 Å². The summed E-state index contributed by atoms with van der Waals surface area (Å²) in [4.78, 5) is 24.3. The van der Waals surface area contributed by atoms with Crippen molar-refractivity contribution in [3.63, 3.8) is 0 Å². The molecule has 0 aliphatic carbocycles. The van der Waals surface area contributed by atoms with Crippen LogP contribution in [0, 0.1) is 0 Å². The molecular formula is C24H23NO4. The zero-order valence-electron chi connectivity index (χ0n) is 16.2. The normalized spacial score (nSPS) is 11.3. The van der Waals surface area contributed by atoms with Crippen molar-refractivity contribution in [3.8, 4) is 11.1 Å². The summed E-state index contributed by atoms with van der Waals surface area (Å²) in [5.41, 5.74) is 3.97. The third kappa shape index (κ3) is 5.94. The Labute approximate surface area is 170 Å². The van der Waals surface area contributed by atoms with E-state index in [0.717, 1.165) is 22.3 Å². The zero-order valence-corrected chi connectivity index (χ0v) is 16.2. The molecular weight excluding hydrogens is 366 g/mol. The van der Waals surface area contributed by atoms with Gasteiger partial charge in [-0.15, -0.1) is 0 Å². The SMILES string of the molecule is COC(=O)[C@@H](Cc1ccc(-c2ccccc2)cc1)NC(=O)OCc1ccccc1. The number of esters is 1. The summed E-state index contributed by atoms with van der Waals surface area (Å²) in [7, 11) is 1.30. The highest BCUT2D eigenvalue weighted by Crippen LogP contribution is 2.20. The highest BCUT2D eigenvalue weighted by Gasteiger charge is 2.22. The van der Waals surface area contributed by atoms with E-state index in [-0.39, 0.29) is 6.61 Å². The molecule has 0 aliphatic heterocycles. The molecule has 148 valence electrons. The first-order valence-corrected chi connectivity index (χ1v) is 9.35. The second-order valence-electron chi connectivity index (χ2n) is 6.55.